The van der Waals surface area contributed by atoms with Gasteiger partial charge >= 0.3 is 0 Å². The van der Waals surface area contributed by atoms with Gasteiger partial charge in [0.05, 0.1) is 10.6 Å². The van der Waals surface area contributed by atoms with Crippen LogP contribution in [-0.2, 0) is 25.9 Å². The molecule has 0 spiro atoms. The van der Waals surface area contributed by atoms with E-state index in [1.807, 2.05) is 30.6 Å². The Labute approximate surface area is 151 Å². The molecule has 0 fully saturated rings. The molecular formula is C19H22N4OS. The molecule has 1 aliphatic rings. The molecule has 1 aliphatic heterocycles. The van der Waals surface area contributed by atoms with Crippen molar-refractivity contribution in [2.24, 2.45) is 0 Å². The zero-order valence-electron chi connectivity index (χ0n) is 14.7. The lowest BCUT2D eigenvalue weighted by molar-refractivity contribution is 0.239. The summed E-state index contributed by atoms with van der Waals surface area (Å²) >= 11 is 1.65. The van der Waals surface area contributed by atoms with Gasteiger partial charge in [-0.2, -0.15) is 0 Å². The van der Waals surface area contributed by atoms with Crippen molar-refractivity contribution in [1.29, 1.82) is 0 Å². The summed E-state index contributed by atoms with van der Waals surface area (Å²) in [4.78, 5) is 17.4. The number of rotatable bonds is 5. The molecule has 130 valence electrons. The van der Waals surface area contributed by atoms with Gasteiger partial charge < -0.3 is 4.42 Å². The Hall–Kier alpha value is -2.05. The molecule has 0 saturated heterocycles. The molecular weight excluding hydrogens is 332 g/mol. The van der Waals surface area contributed by atoms with Crippen LogP contribution in [0.15, 0.2) is 28.1 Å². The van der Waals surface area contributed by atoms with Gasteiger partial charge in [-0.05, 0) is 24.8 Å². The number of hydrogen-bond donors (Lipinski definition) is 0. The number of thiophene rings is 1. The Morgan fingerprint density at radius 1 is 1.32 bits per heavy atom. The minimum Gasteiger partial charge on any atom is -0.440 e. The molecule has 0 saturated carbocycles. The first kappa shape index (κ1) is 16.4. The highest BCUT2D eigenvalue weighted by Gasteiger charge is 2.21. The first-order chi connectivity index (χ1) is 12.2. The second-order valence-corrected chi connectivity index (χ2v) is 7.42. The van der Waals surface area contributed by atoms with Gasteiger partial charge in [0.25, 0.3) is 0 Å². The van der Waals surface area contributed by atoms with Gasteiger partial charge in [0.2, 0.25) is 5.89 Å². The van der Waals surface area contributed by atoms with Gasteiger partial charge in [0, 0.05) is 49.9 Å². The van der Waals surface area contributed by atoms with Crippen molar-refractivity contribution in [2.75, 3.05) is 6.54 Å². The lowest BCUT2D eigenvalue weighted by Crippen LogP contribution is -2.31. The van der Waals surface area contributed by atoms with Crippen LogP contribution in [0.2, 0.25) is 0 Å². The second kappa shape index (κ2) is 7.06. The minimum atomic E-state index is 0.729. The molecule has 0 bridgehead atoms. The van der Waals surface area contributed by atoms with E-state index in [9.17, 15) is 0 Å². The SMILES string of the molecule is CCCc1ncc2c(n1)CCN(Cc1nc(-c3cccs3)oc1C)C2. The maximum atomic E-state index is 5.86. The third-order valence-corrected chi connectivity index (χ3v) is 5.39. The monoisotopic (exact) mass is 354 g/mol. The Bertz CT molecular complexity index is 856. The Kier molecular flexibility index (Phi) is 4.63. The van der Waals surface area contributed by atoms with Crippen molar-refractivity contribution in [2.45, 2.75) is 46.2 Å². The molecule has 3 aromatic heterocycles. The van der Waals surface area contributed by atoms with Crippen molar-refractivity contribution in [1.82, 2.24) is 19.9 Å². The van der Waals surface area contributed by atoms with Crippen molar-refractivity contribution < 1.29 is 4.42 Å². The fourth-order valence-electron chi connectivity index (χ4n) is 3.19. The zero-order chi connectivity index (χ0) is 17.2. The molecule has 0 aromatic carbocycles. The standard InChI is InChI=1S/C19H22N4OS/c1-3-5-18-20-10-14-11-23(8-7-15(14)21-18)12-16-13(2)24-19(22-16)17-6-4-9-25-17/h4,6,9-10H,3,5,7-8,11-12H2,1-2H3. The smallest absolute Gasteiger partial charge is 0.236 e. The van der Waals surface area contributed by atoms with E-state index in [1.165, 1.54) is 11.3 Å². The van der Waals surface area contributed by atoms with Crippen molar-refractivity contribution in [3.63, 3.8) is 0 Å². The van der Waals surface area contributed by atoms with Gasteiger partial charge in [-0.3, -0.25) is 4.90 Å². The Morgan fingerprint density at radius 2 is 2.24 bits per heavy atom. The molecule has 6 heteroatoms. The fourth-order valence-corrected chi connectivity index (χ4v) is 3.84. The van der Waals surface area contributed by atoms with E-state index in [4.69, 9.17) is 14.4 Å². The molecule has 0 atom stereocenters. The summed E-state index contributed by atoms with van der Waals surface area (Å²) < 4.78 is 5.86. The maximum Gasteiger partial charge on any atom is 0.236 e. The van der Waals surface area contributed by atoms with Crippen LogP contribution in [0.5, 0.6) is 0 Å². The molecule has 0 N–H and O–H groups in total. The summed E-state index contributed by atoms with van der Waals surface area (Å²) in [5, 5.41) is 2.04. The average molecular weight is 354 g/mol. The van der Waals surface area contributed by atoms with E-state index in [1.54, 1.807) is 11.3 Å². The highest BCUT2D eigenvalue weighted by atomic mass is 32.1. The highest BCUT2D eigenvalue weighted by molar-refractivity contribution is 7.13. The molecule has 25 heavy (non-hydrogen) atoms. The molecule has 3 aromatic rings. The van der Waals surface area contributed by atoms with Gasteiger partial charge in [0.1, 0.15) is 11.6 Å². The largest absolute Gasteiger partial charge is 0.440 e. The van der Waals surface area contributed by atoms with E-state index in [2.05, 4.69) is 16.8 Å². The van der Waals surface area contributed by atoms with Crippen LogP contribution >= 0.6 is 11.3 Å². The molecule has 0 amide bonds. The van der Waals surface area contributed by atoms with Crippen molar-refractivity contribution in [3.8, 4) is 10.8 Å². The molecule has 5 nitrogen and oxygen atoms in total. The lowest BCUT2D eigenvalue weighted by Gasteiger charge is -2.27. The minimum absolute atomic E-state index is 0.729. The Morgan fingerprint density at radius 3 is 3.04 bits per heavy atom. The van der Waals surface area contributed by atoms with Gasteiger partial charge in [-0.15, -0.1) is 11.3 Å². The van der Waals surface area contributed by atoms with Crippen molar-refractivity contribution >= 4 is 11.3 Å². The summed E-state index contributed by atoms with van der Waals surface area (Å²) in [5.74, 6) is 2.61. The van der Waals surface area contributed by atoms with Gasteiger partial charge in [-0.25, -0.2) is 15.0 Å². The summed E-state index contributed by atoms with van der Waals surface area (Å²) in [6, 6.07) is 4.07. The molecule has 0 aliphatic carbocycles. The van der Waals surface area contributed by atoms with E-state index >= 15 is 0 Å². The van der Waals surface area contributed by atoms with E-state index in [0.29, 0.717) is 0 Å². The van der Waals surface area contributed by atoms with Crippen LogP contribution in [0.4, 0.5) is 0 Å². The number of hydrogen-bond acceptors (Lipinski definition) is 6. The van der Waals surface area contributed by atoms with Crippen LogP contribution in [0.25, 0.3) is 10.8 Å². The van der Waals surface area contributed by atoms with Crippen LogP contribution in [0.1, 0.15) is 41.9 Å². The van der Waals surface area contributed by atoms with E-state index in [0.717, 1.165) is 66.9 Å². The predicted molar refractivity (Wildman–Crippen MR) is 98.4 cm³/mol. The van der Waals surface area contributed by atoms with Crippen LogP contribution in [-0.4, -0.2) is 26.4 Å². The van der Waals surface area contributed by atoms with E-state index in [-0.39, 0.29) is 0 Å². The lowest BCUT2D eigenvalue weighted by atomic mass is 10.1. The van der Waals surface area contributed by atoms with E-state index < -0.39 is 0 Å². The summed E-state index contributed by atoms with van der Waals surface area (Å²) in [5.41, 5.74) is 3.48. The number of nitrogens with zero attached hydrogens (tertiary/aromatic N) is 4. The normalized spacial score (nSPS) is 14.6. The maximum absolute atomic E-state index is 5.86. The van der Waals surface area contributed by atoms with Crippen LogP contribution < -0.4 is 0 Å². The van der Waals surface area contributed by atoms with Crippen molar-refractivity contribution in [3.05, 3.63) is 52.2 Å². The predicted octanol–water partition coefficient (Wildman–Crippen LogP) is 4.01. The highest BCUT2D eigenvalue weighted by Crippen LogP contribution is 2.27. The van der Waals surface area contributed by atoms with Crippen LogP contribution in [0, 0.1) is 6.92 Å². The third kappa shape index (κ3) is 3.50. The van der Waals surface area contributed by atoms with Gasteiger partial charge in [0.15, 0.2) is 0 Å². The van der Waals surface area contributed by atoms with Crippen LogP contribution in [0.3, 0.4) is 0 Å². The summed E-state index contributed by atoms with van der Waals surface area (Å²) in [6.07, 6.45) is 5.03. The first-order valence-electron chi connectivity index (χ1n) is 8.79. The molecule has 0 unspecified atom stereocenters. The number of aryl methyl sites for hydroxylation is 2. The average Bonchev–Trinajstić information content (AvgIpc) is 3.26. The summed E-state index contributed by atoms with van der Waals surface area (Å²) in [6.45, 7) is 6.84. The molecule has 4 rings (SSSR count). The quantitative estimate of drug-likeness (QED) is 0.693. The number of fused-ring (bicyclic) bond motifs is 1. The topological polar surface area (TPSA) is 55.1 Å². The zero-order valence-corrected chi connectivity index (χ0v) is 15.5. The Balaban J connectivity index is 1.48. The van der Waals surface area contributed by atoms with Gasteiger partial charge in [-0.1, -0.05) is 13.0 Å². The third-order valence-electron chi connectivity index (χ3n) is 4.53. The summed E-state index contributed by atoms with van der Waals surface area (Å²) in [7, 11) is 0. The first-order valence-corrected chi connectivity index (χ1v) is 9.67. The number of oxazole rings is 1. The second-order valence-electron chi connectivity index (χ2n) is 6.47. The number of aromatic nitrogens is 3. The fraction of sp³-hybridized carbons (Fsp3) is 0.421. The molecule has 0 radical (unpaired) electrons. The molecule has 4 heterocycles.